The van der Waals surface area contributed by atoms with Gasteiger partial charge in [0.15, 0.2) is 11.5 Å². The van der Waals surface area contributed by atoms with Crippen molar-refractivity contribution in [2.24, 2.45) is 11.7 Å². The molecular weight excluding hydrogens is 364 g/mol. The number of nitrogens with two attached hydrogens (primary N) is 1. The molecule has 0 unspecified atom stereocenters. The molecule has 2 aromatic rings. The van der Waals surface area contributed by atoms with Crippen LogP contribution in [-0.2, 0) is 11.3 Å². The zero-order chi connectivity index (χ0) is 18.4. The minimum absolute atomic E-state index is 0. The molecule has 0 saturated heterocycles. The molecule has 146 valence electrons. The number of rotatable bonds is 7. The number of halogens is 1. The molecule has 1 saturated carbocycles. The molecule has 1 fully saturated rings. The van der Waals surface area contributed by atoms with Crippen molar-refractivity contribution in [1.29, 1.82) is 0 Å². The summed E-state index contributed by atoms with van der Waals surface area (Å²) in [6.45, 7) is 0.510. The van der Waals surface area contributed by atoms with Crippen LogP contribution in [0.5, 0.6) is 17.2 Å². The summed E-state index contributed by atoms with van der Waals surface area (Å²) in [6, 6.07) is 15.4. The lowest BCUT2D eigenvalue weighted by atomic mass is 10.00. The molecule has 0 spiro atoms. The molecule has 2 atom stereocenters. The summed E-state index contributed by atoms with van der Waals surface area (Å²) in [5, 5.41) is 2.98. The Balaban J connectivity index is 0.00000261. The van der Waals surface area contributed by atoms with Crippen molar-refractivity contribution < 1.29 is 14.3 Å². The average Bonchev–Trinajstić information content (AvgIpc) is 3.06. The van der Waals surface area contributed by atoms with Gasteiger partial charge in [0.1, 0.15) is 5.75 Å². The fraction of sp³-hybridized carbons (Fsp3) is 0.381. The van der Waals surface area contributed by atoms with Gasteiger partial charge in [-0.2, -0.15) is 0 Å². The minimum atomic E-state index is 0. The molecule has 3 N–H and O–H groups in total. The van der Waals surface area contributed by atoms with Gasteiger partial charge in [0.25, 0.3) is 0 Å². The summed E-state index contributed by atoms with van der Waals surface area (Å²) >= 11 is 0. The van der Waals surface area contributed by atoms with E-state index < -0.39 is 0 Å². The molecule has 2 aromatic carbocycles. The predicted molar refractivity (Wildman–Crippen MR) is 109 cm³/mol. The number of amides is 1. The molecule has 0 heterocycles. The highest BCUT2D eigenvalue weighted by Crippen LogP contribution is 2.31. The van der Waals surface area contributed by atoms with Gasteiger partial charge in [-0.1, -0.05) is 30.7 Å². The molecule has 1 amide bonds. The van der Waals surface area contributed by atoms with Crippen molar-refractivity contribution in [3.8, 4) is 17.2 Å². The third kappa shape index (κ3) is 5.88. The molecule has 3 rings (SSSR count). The Labute approximate surface area is 166 Å². The summed E-state index contributed by atoms with van der Waals surface area (Å²) in [5.74, 6) is 2.48. The van der Waals surface area contributed by atoms with E-state index in [1.807, 2.05) is 48.5 Å². The van der Waals surface area contributed by atoms with Crippen molar-refractivity contribution in [3.63, 3.8) is 0 Å². The molecule has 0 radical (unpaired) electrons. The summed E-state index contributed by atoms with van der Waals surface area (Å²) in [6.07, 6.45) is 3.75. The summed E-state index contributed by atoms with van der Waals surface area (Å²) in [5.41, 5.74) is 7.06. The lowest BCUT2D eigenvalue weighted by molar-refractivity contribution is -0.122. The van der Waals surface area contributed by atoms with Gasteiger partial charge in [-0.25, -0.2) is 0 Å². The first-order valence-corrected chi connectivity index (χ1v) is 9.08. The predicted octanol–water partition coefficient (Wildman–Crippen LogP) is 4.04. The number of para-hydroxylation sites is 2. The van der Waals surface area contributed by atoms with E-state index in [2.05, 4.69) is 5.32 Å². The van der Waals surface area contributed by atoms with Gasteiger partial charge in [-0.15, -0.1) is 12.4 Å². The lowest BCUT2D eigenvalue weighted by Gasteiger charge is -2.15. The van der Waals surface area contributed by atoms with Gasteiger partial charge in [-0.05, 0) is 48.6 Å². The molecule has 6 heteroatoms. The van der Waals surface area contributed by atoms with E-state index in [4.69, 9.17) is 15.2 Å². The number of carbonyl (C=O) groups is 1. The summed E-state index contributed by atoms with van der Waals surface area (Å²) < 4.78 is 11.1. The van der Waals surface area contributed by atoms with E-state index in [0.29, 0.717) is 30.4 Å². The fourth-order valence-electron chi connectivity index (χ4n) is 3.34. The Hall–Kier alpha value is -2.24. The van der Waals surface area contributed by atoms with Gasteiger partial charge < -0.3 is 20.5 Å². The minimum Gasteiger partial charge on any atom is -0.493 e. The van der Waals surface area contributed by atoms with Crippen LogP contribution in [0.3, 0.4) is 0 Å². The number of nitrogens with one attached hydrogen (secondary N) is 1. The second-order valence-electron chi connectivity index (χ2n) is 6.73. The fourth-order valence-corrected chi connectivity index (χ4v) is 3.34. The molecule has 1 aliphatic carbocycles. The van der Waals surface area contributed by atoms with Crippen LogP contribution >= 0.6 is 12.4 Å². The Bertz CT molecular complexity index is 736. The highest BCUT2D eigenvalue weighted by Gasteiger charge is 2.25. The largest absolute Gasteiger partial charge is 0.493 e. The second-order valence-corrected chi connectivity index (χ2v) is 6.73. The number of hydrogen-bond donors (Lipinski definition) is 2. The van der Waals surface area contributed by atoms with Gasteiger partial charge in [0, 0.05) is 19.0 Å². The lowest BCUT2D eigenvalue weighted by Crippen LogP contribution is -2.31. The zero-order valence-corrected chi connectivity index (χ0v) is 16.3. The van der Waals surface area contributed by atoms with Crippen LogP contribution in [-0.4, -0.2) is 19.1 Å². The number of benzene rings is 2. The van der Waals surface area contributed by atoms with E-state index in [1.165, 1.54) is 0 Å². The standard InChI is InChI=1S/C21H26N2O3.ClH/c1-25-19-7-2-3-8-20(19)26-17-11-9-15(10-12-17)14-23-21(24)13-16-5-4-6-18(16)22;/h2-3,7-12,16,18H,4-6,13-14,22H2,1H3,(H,23,24);1H/t16-,18+;/m0./s1. The maximum atomic E-state index is 12.1. The van der Waals surface area contributed by atoms with Crippen molar-refractivity contribution >= 4 is 18.3 Å². The quantitative estimate of drug-likeness (QED) is 0.748. The second kappa shape index (κ2) is 10.2. The van der Waals surface area contributed by atoms with E-state index in [-0.39, 0.29) is 24.4 Å². The Kier molecular flexibility index (Phi) is 7.95. The normalized spacial score (nSPS) is 18.4. The Morgan fingerprint density at radius 1 is 1.11 bits per heavy atom. The third-order valence-electron chi connectivity index (χ3n) is 4.88. The van der Waals surface area contributed by atoms with Crippen molar-refractivity contribution in [2.75, 3.05) is 7.11 Å². The van der Waals surface area contributed by atoms with Crippen LogP contribution in [0.1, 0.15) is 31.2 Å². The SMILES string of the molecule is COc1ccccc1Oc1ccc(CNC(=O)C[C@@H]2CCC[C@H]2N)cc1.Cl. The first-order valence-electron chi connectivity index (χ1n) is 9.08. The van der Waals surface area contributed by atoms with Crippen molar-refractivity contribution in [2.45, 2.75) is 38.3 Å². The number of ether oxygens (including phenoxy) is 2. The van der Waals surface area contributed by atoms with Crippen LogP contribution in [0.15, 0.2) is 48.5 Å². The smallest absolute Gasteiger partial charge is 0.220 e. The maximum absolute atomic E-state index is 12.1. The monoisotopic (exact) mass is 390 g/mol. The molecular formula is C21H27ClN2O3. The topological polar surface area (TPSA) is 73.6 Å². The van der Waals surface area contributed by atoms with Crippen LogP contribution in [0, 0.1) is 5.92 Å². The third-order valence-corrected chi connectivity index (χ3v) is 4.88. The number of hydrogen-bond acceptors (Lipinski definition) is 4. The van der Waals surface area contributed by atoms with Gasteiger partial charge in [-0.3, -0.25) is 4.79 Å². The first kappa shape index (κ1) is 21.1. The molecule has 27 heavy (non-hydrogen) atoms. The van der Waals surface area contributed by atoms with E-state index in [9.17, 15) is 4.79 Å². The van der Waals surface area contributed by atoms with Crippen molar-refractivity contribution in [1.82, 2.24) is 5.32 Å². The molecule has 0 aromatic heterocycles. The average molecular weight is 391 g/mol. The summed E-state index contributed by atoms with van der Waals surface area (Å²) in [7, 11) is 1.62. The first-order chi connectivity index (χ1) is 12.7. The molecule has 5 nitrogen and oxygen atoms in total. The Morgan fingerprint density at radius 3 is 2.44 bits per heavy atom. The van der Waals surface area contributed by atoms with E-state index in [1.54, 1.807) is 7.11 Å². The molecule has 1 aliphatic rings. The van der Waals surface area contributed by atoms with Crippen molar-refractivity contribution in [3.05, 3.63) is 54.1 Å². The molecule has 0 aliphatic heterocycles. The van der Waals surface area contributed by atoms with E-state index >= 15 is 0 Å². The highest BCUT2D eigenvalue weighted by atomic mass is 35.5. The molecule has 0 bridgehead atoms. The maximum Gasteiger partial charge on any atom is 0.220 e. The van der Waals surface area contributed by atoms with Gasteiger partial charge in [0.2, 0.25) is 5.91 Å². The number of methoxy groups -OCH3 is 1. The zero-order valence-electron chi connectivity index (χ0n) is 15.5. The van der Waals surface area contributed by atoms with Crippen LogP contribution in [0.4, 0.5) is 0 Å². The van der Waals surface area contributed by atoms with Gasteiger partial charge >= 0.3 is 0 Å². The van der Waals surface area contributed by atoms with Crippen LogP contribution in [0.25, 0.3) is 0 Å². The highest BCUT2D eigenvalue weighted by molar-refractivity contribution is 5.85. The van der Waals surface area contributed by atoms with Gasteiger partial charge in [0.05, 0.1) is 7.11 Å². The Morgan fingerprint density at radius 2 is 1.81 bits per heavy atom. The number of carbonyl (C=O) groups excluding carboxylic acids is 1. The van der Waals surface area contributed by atoms with E-state index in [0.717, 1.165) is 30.6 Å². The summed E-state index contributed by atoms with van der Waals surface area (Å²) in [4.78, 5) is 12.1. The van der Waals surface area contributed by atoms with Crippen LogP contribution in [0.2, 0.25) is 0 Å². The van der Waals surface area contributed by atoms with Crippen LogP contribution < -0.4 is 20.5 Å².